The van der Waals surface area contributed by atoms with Crippen LogP contribution >= 0.6 is 0 Å². The molecule has 2 nitrogen and oxygen atoms in total. The Kier molecular flexibility index (Phi) is 3.49. The van der Waals surface area contributed by atoms with E-state index in [1.165, 1.54) is 31.2 Å². The zero-order valence-corrected chi connectivity index (χ0v) is 14.0. The van der Waals surface area contributed by atoms with E-state index < -0.39 is 0 Å². The van der Waals surface area contributed by atoms with Crippen LogP contribution in [0.5, 0.6) is 0 Å². The molecule has 21 heavy (non-hydrogen) atoms. The average Bonchev–Trinajstić information content (AvgIpc) is 2.93. The monoisotopic (exact) mass is 286 g/mol. The molecule has 0 spiro atoms. The van der Waals surface area contributed by atoms with Gasteiger partial charge in [-0.05, 0) is 57.0 Å². The van der Waals surface area contributed by atoms with Gasteiger partial charge in [-0.2, -0.15) is 0 Å². The Morgan fingerprint density at radius 2 is 1.29 bits per heavy atom. The van der Waals surface area contributed by atoms with Gasteiger partial charge in [-0.25, -0.2) is 0 Å². The topological polar surface area (TPSA) is 18.5 Å². The predicted octanol–water partition coefficient (Wildman–Crippen LogP) is 3.82. The van der Waals surface area contributed by atoms with E-state index in [0.717, 1.165) is 5.46 Å². The smallest absolute Gasteiger partial charge is 0.399 e. The summed E-state index contributed by atoms with van der Waals surface area (Å²) in [5.41, 5.74) is 2.41. The second-order valence-electron chi connectivity index (χ2n) is 7.98. The van der Waals surface area contributed by atoms with Crippen molar-refractivity contribution < 1.29 is 9.31 Å². The van der Waals surface area contributed by atoms with Gasteiger partial charge in [0, 0.05) is 0 Å². The lowest BCUT2D eigenvalue weighted by Crippen LogP contribution is -2.41. The highest BCUT2D eigenvalue weighted by atomic mass is 16.7. The summed E-state index contributed by atoms with van der Waals surface area (Å²) in [5.74, 6) is 0. The second-order valence-corrected chi connectivity index (χ2v) is 7.98. The summed E-state index contributed by atoms with van der Waals surface area (Å²) in [6.07, 6.45) is 5.33. The molecule has 0 N–H and O–H groups in total. The van der Waals surface area contributed by atoms with Gasteiger partial charge >= 0.3 is 7.12 Å². The molecule has 0 radical (unpaired) electrons. The van der Waals surface area contributed by atoms with Crippen LogP contribution in [0.4, 0.5) is 0 Å². The highest BCUT2D eigenvalue weighted by molar-refractivity contribution is 6.62. The summed E-state index contributed by atoms with van der Waals surface area (Å²) in [7, 11) is -0.250. The Balaban J connectivity index is 1.80. The average molecular weight is 286 g/mol. The molecule has 1 aliphatic heterocycles. The van der Waals surface area contributed by atoms with E-state index in [1.54, 1.807) is 0 Å². The molecule has 0 atom stereocenters. The van der Waals surface area contributed by atoms with Crippen LogP contribution < -0.4 is 5.46 Å². The third kappa shape index (κ3) is 2.55. The molecule has 0 aromatic heterocycles. The number of rotatable bonds is 2. The fourth-order valence-electron chi connectivity index (χ4n) is 3.47. The zero-order chi connectivity index (χ0) is 15.3. The molecule has 1 saturated heterocycles. The molecule has 1 aliphatic carbocycles. The van der Waals surface area contributed by atoms with E-state index in [9.17, 15) is 0 Å². The molecule has 114 valence electrons. The molecule has 1 heterocycles. The molecule has 1 aromatic rings. The molecule has 3 rings (SSSR count). The summed E-state index contributed by atoms with van der Waals surface area (Å²) in [6.45, 7) is 10.8. The van der Waals surface area contributed by atoms with Crippen LogP contribution in [0.15, 0.2) is 24.3 Å². The number of hydrogen-bond acceptors (Lipinski definition) is 2. The van der Waals surface area contributed by atoms with Gasteiger partial charge in [-0.15, -0.1) is 0 Å². The van der Waals surface area contributed by atoms with Crippen molar-refractivity contribution in [1.29, 1.82) is 0 Å². The minimum Gasteiger partial charge on any atom is -0.399 e. The first-order chi connectivity index (χ1) is 9.74. The van der Waals surface area contributed by atoms with Crippen molar-refractivity contribution in [3.63, 3.8) is 0 Å². The summed E-state index contributed by atoms with van der Waals surface area (Å²) in [4.78, 5) is 0. The third-order valence-corrected chi connectivity index (χ3v) is 5.84. The first-order valence-electron chi connectivity index (χ1n) is 8.20. The van der Waals surface area contributed by atoms with Gasteiger partial charge in [0.25, 0.3) is 0 Å². The molecule has 0 bridgehead atoms. The predicted molar refractivity (Wildman–Crippen MR) is 88.0 cm³/mol. The normalized spacial score (nSPS) is 26.2. The van der Waals surface area contributed by atoms with Crippen molar-refractivity contribution >= 4 is 12.6 Å². The first-order valence-corrected chi connectivity index (χ1v) is 8.20. The van der Waals surface area contributed by atoms with Crippen LogP contribution in [-0.4, -0.2) is 18.3 Å². The van der Waals surface area contributed by atoms with E-state index in [4.69, 9.17) is 9.31 Å². The largest absolute Gasteiger partial charge is 0.494 e. The van der Waals surface area contributed by atoms with Crippen LogP contribution in [0, 0.1) is 0 Å². The molecule has 1 aromatic carbocycles. The van der Waals surface area contributed by atoms with E-state index in [2.05, 4.69) is 58.9 Å². The molecule has 1 saturated carbocycles. The fraction of sp³-hybridized carbons (Fsp3) is 0.667. The standard InChI is InChI=1S/C18H27BO2/c1-16(2)17(3,4)21-19(20-16)15-10-8-14(9-11-15)18(5)12-6-7-13-18/h8-11H,6-7,12-13H2,1-5H3. The maximum atomic E-state index is 6.12. The summed E-state index contributed by atoms with van der Waals surface area (Å²) in [5, 5.41) is 0. The molecular formula is C18H27BO2. The quantitative estimate of drug-likeness (QED) is 0.769. The van der Waals surface area contributed by atoms with E-state index >= 15 is 0 Å². The Morgan fingerprint density at radius 3 is 1.76 bits per heavy atom. The minimum atomic E-state index is -0.270. The molecule has 2 aliphatic rings. The van der Waals surface area contributed by atoms with Gasteiger partial charge in [0.1, 0.15) is 0 Å². The van der Waals surface area contributed by atoms with E-state index in [1.807, 2.05) is 0 Å². The minimum absolute atomic E-state index is 0.250. The van der Waals surface area contributed by atoms with E-state index in [0.29, 0.717) is 5.41 Å². The maximum Gasteiger partial charge on any atom is 0.494 e. The van der Waals surface area contributed by atoms with Gasteiger partial charge < -0.3 is 9.31 Å². The van der Waals surface area contributed by atoms with Crippen molar-refractivity contribution in [2.45, 2.75) is 76.9 Å². The highest BCUT2D eigenvalue weighted by Crippen LogP contribution is 2.40. The Hall–Kier alpha value is -0.795. The van der Waals surface area contributed by atoms with Crippen molar-refractivity contribution in [3.8, 4) is 0 Å². The van der Waals surface area contributed by atoms with Crippen molar-refractivity contribution in [3.05, 3.63) is 29.8 Å². The summed E-state index contributed by atoms with van der Waals surface area (Å²) in [6, 6.07) is 8.90. The molecule has 3 heteroatoms. The fourth-order valence-corrected chi connectivity index (χ4v) is 3.47. The van der Waals surface area contributed by atoms with Gasteiger partial charge in [-0.3, -0.25) is 0 Å². The Bertz CT molecular complexity index is 497. The first kappa shape index (κ1) is 15.1. The molecular weight excluding hydrogens is 259 g/mol. The van der Waals surface area contributed by atoms with Crippen molar-refractivity contribution in [1.82, 2.24) is 0 Å². The lowest BCUT2D eigenvalue weighted by molar-refractivity contribution is 0.00578. The maximum absolute atomic E-state index is 6.12. The van der Waals surface area contributed by atoms with Gasteiger partial charge in [-0.1, -0.05) is 44.0 Å². The third-order valence-electron chi connectivity index (χ3n) is 5.84. The van der Waals surface area contributed by atoms with E-state index in [-0.39, 0.29) is 18.3 Å². The molecule has 0 amide bonds. The van der Waals surface area contributed by atoms with Gasteiger partial charge in [0.15, 0.2) is 0 Å². The van der Waals surface area contributed by atoms with Crippen LogP contribution in [0.3, 0.4) is 0 Å². The Labute approximate surface area is 129 Å². The van der Waals surface area contributed by atoms with Crippen molar-refractivity contribution in [2.24, 2.45) is 0 Å². The molecule has 0 unspecified atom stereocenters. The molecule has 2 fully saturated rings. The van der Waals surface area contributed by atoms with Gasteiger partial charge in [0.05, 0.1) is 11.2 Å². The van der Waals surface area contributed by atoms with Crippen molar-refractivity contribution in [2.75, 3.05) is 0 Å². The SMILES string of the molecule is CC1(c2ccc(B3OC(C)(C)C(C)(C)O3)cc2)CCCC1. The zero-order valence-electron chi connectivity index (χ0n) is 14.0. The van der Waals surface area contributed by atoms with Crippen LogP contribution in [0.2, 0.25) is 0 Å². The lowest BCUT2D eigenvalue weighted by Gasteiger charge is -2.32. The Morgan fingerprint density at radius 1 is 0.810 bits per heavy atom. The summed E-state index contributed by atoms with van der Waals surface area (Å²) >= 11 is 0. The van der Waals surface area contributed by atoms with Crippen LogP contribution in [-0.2, 0) is 14.7 Å². The van der Waals surface area contributed by atoms with Gasteiger partial charge in [0.2, 0.25) is 0 Å². The highest BCUT2D eigenvalue weighted by Gasteiger charge is 2.51. The lowest BCUT2D eigenvalue weighted by atomic mass is 9.75. The second kappa shape index (κ2) is 4.86. The summed E-state index contributed by atoms with van der Waals surface area (Å²) < 4.78 is 12.2. The van der Waals surface area contributed by atoms with Crippen LogP contribution in [0.25, 0.3) is 0 Å². The number of benzene rings is 1. The van der Waals surface area contributed by atoms with Crippen LogP contribution in [0.1, 0.15) is 65.9 Å². The number of hydrogen-bond donors (Lipinski definition) is 0.